The molecule has 0 aliphatic rings. The second-order valence-corrected chi connectivity index (χ2v) is 6.27. The summed E-state index contributed by atoms with van der Waals surface area (Å²) < 4.78 is 0. The van der Waals surface area contributed by atoms with Crippen LogP contribution in [0, 0.1) is 13.8 Å². The van der Waals surface area contributed by atoms with Crippen molar-refractivity contribution in [2.24, 2.45) is 0 Å². The second kappa shape index (κ2) is 6.36. The number of rotatable bonds is 5. The Balaban J connectivity index is 2.38. The van der Waals surface area contributed by atoms with Crippen LogP contribution in [0.1, 0.15) is 46.3 Å². The molecule has 0 aliphatic carbocycles. The van der Waals surface area contributed by atoms with E-state index in [9.17, 15) is 0 Å². The van der Waals surface area contributed by atoms with Crippen LogP contribution in [0.5, 0.6) is 0 Å². The molecular formula is C17H23NS. The van der Waals surface area contributed by atoms with Crippen molar-refractivity contribution in [3.8, 4) is 0 Å². The van der Waals surface area contributed by atoms with Gasteiger partial charge in [0.1, 0.15) is 0 Å². The molecule has 1 atom stereocenters. The van der Waals surface area contributed by atoms with Gasteiger partial charge < -0.3 is 5.32 Å². The molecule has 1 unspecified atom stereocenters. The van der Waals surface area contributed by atoms with Gasteiger partial charge in [-0.3, -0.25) is 0 Å². The summed E-state index contributed by atoms with van der Waals surface area (Å²) in [5.41, 5.74) is 4.18. The van der Waals surface area contributed by atoms with Gasteiger partial charge in [0.15, 0.2) is 0 Å². The van der Waals surface area contributed by atoms with E-state index in [1.807, 2.05) is 11.3 Å². The summed E-state index contributed by atoms with van der Waals surface area (Å²) in [5.74, 6) is 0. The Morgan fingerprint density at radius 2 is 1.95 bits per heavy atom. The van der Waals surface area contributed by atoms with Gasteiger partial charge in [0.05, 0.1) is 6.04 Å². The average molecular weight is 273 g/mol. The Morgan fingerprint density at radius 1 is 1.16 bits per heavy atom. The molecule has 1 heterocycles. The van der Waals surface area contributed by atoms with Crippen molar-refractivity contribution < 1.29 is 0 Å². The first kappa shape index (κ1) is 14.3. The lowest BCUT2D eigenvalue weighted by Gasteiger charge is -2.17. The molecule has 1 nitrogen and oxygen atoms in total. The molecule has 0 bridgehead atoms. The van der Waals surface area contributed by atoms with Crippen LogP contribution in [0.3, 0.4) is 0 Å². The quantitative estimate of drug-likeness (QED) is 0.837. The van der Waals surface area contributed by atoms with Crippen LogP contribution in [0.15, 0.2) is 30.3 Å². The van der Waals surface area contributed by atoms with Gasteiger partial charge in [-0.1, -0.05) is 38.1 Å². The van der Waals surface area contributed by atoms with Crippen LogP contribution in [-0.2, 0) is 6.42 Å². The number of hydrogen-bond acceptors (Lipinski definition) is 2. The lowest BCUT2D eigenvalue weighted by atomic mass is 10.0. The zero-order chi connectivity index (χ0) is 13.8. The number of aryl methyl sites for hydroxylation is 3. The highest BCUT2D eigenvalue weighted by Gasteiger charge is 2.16. The molecule has 2 rings (SSSR count). The van der Waals surface area contributed by atoms with E-state index in [4.69, 9.17) is 0 Å². The summed E-state index contributed by atoms with van der Waals surface area (Å²) in [6, 6.07) is 11.6. The second-order valence-electron chi connectivity index (χ2n) is 4.98. The van der Waals surface area contributed by atoms with E-state index in [1.54, 1.807) is 0 Å². The highest BCUT2D eigenvalue weighted by atomic mass is 32.1. The third-order valence-corrected chi connectivity index (χ3v) is 4.79. The fraction of sp³-hybridized carbons (Fsp3) is 0.412. The summed E-state index contributed by atoms with van der Waals surface area (Å²) in [6.45, 7) is 9.76. The molecule has 0 spiro atoms. The van der Waals surface area contributed by atoms with Gasteiger partial charge in [0, 0.05) is 9.75 Å². The average Bonchev–Trinajstić information content (AvgIpc) is 2.75. The number of hydrogen-bond donors (Lipinski definition) is 1. The number of nitrogens with one attached hydrogen (secondary N) is 1. The zero-order valence-electron chi connectivity index (χ0n) is 12.3. The van der Waals surface area contributed by atoms with Crippen LogP contribution >= 0.6 is 11.3 Å². The molecule has 1 aromatic heterocycles. The summed E-state index contributed by atoms with van der Waals surface area (Å²) in [7, 11) is 0. The molecule has 19 heavy (non-hydrogen) atoms. The highest BCUT2D eigenvalue weighted by molar-refractivity contribution is 7.12. The van der Waals surface area contributed by atoms with Gasteiger partial charge in [-0.15, -0.1) is 11.3 Å². The molecule has 2 heteroatoms. The standard InChI is InChI=1S/C17H23NS/c1-5-14-8-7-9-15(11-14)17(18-6-2)16-10-12(3)13(4)19-16/h7-11,17-18H,5-6H2,1-4H3. The van der Waals surface area contributed by atoms with Crippen molar-refractivity contribution in [2.45, 2.75) is 40.2 Å². The SMILES string of the molecule is CCNC(c1cccc(CC)c1)c1cc(C)c(C)s1. The summed E-state index contributed by atoms with van der Waals surface area (Å²) in [4.78, 5) is 2.84. The summed E-state index contributed by atoms with van der Waals surface area (Å²) in [5, 5.41) is 3.62. The summed E-state index contributed by atoms with van der Waals surface area (Å²) >= 11 is 1.91. The predicted molar refractivity (Wildman–Crippen MR) is 85.1 cm³/mol. The van der Waals surface area contributed by atoms with Crippen molar-refractivity contribution in [1.82, 2.24) is 5.32 Å². The first-order valence-corrected chi connectivity index (χ1v) is 7.86. The Labute approximate surface area is 120 Å². The number of benzene rings is 1. The minimum absolute atomic E-state index is 0.328. The van der Waals surface area contributed by atoms with E-state index in [-0.39, 0.29) is 0 Å². The molecule has 0 fully saturated rings. The van der Waals surface area contributed by atoms with E-state index >= 15 is 0 Å². The maximum Gasteiger partial charge on any atom is 0.0671 e. The molecule has 0 radical (unpaired) electrons. The molecule has 0 saturated heterocycles. The van der Waals surface area contributed by atoms with Crippen molar-refractivity contribution in [3.63, 3.8) is 0 Å². The van der Waals surface area contributed by atoms with Crippen LogP contribution in [-0.4, -0.2) is 6.54 Å². The minimum Gasteiger partial charge on any atom is -0.306 e. The van der Waals surface area contributed by atoms with Crippen molar-refractivity contribution >= 4 is 11.3 Å². The van der Waals surface area contributed by atoms with Gasteiger partial charge in [0.2, 0.25) is 0 Å². The van der Waals surface area contributed by atoms with Gasteiger partial charge >= 0.3 is 0 Å². The zero-order valence-corrected chi connectivity index (χ0v) is 13.1. The van der Waals surface area contributed by atoms with E-state index < -0.39 is 0 Å². The lowest BCUT2D eigenvalue weighted by molar-refractivity contribution is 0.639. The Hall–Kier alpha value is -1.12. The molecule has 1 N–H and O–H groups in total. The maximum atomic E-state index is 3.62. The minimum atomic E-state index is 0.328. The number of thiophene rings is 1. The van der Waals surface area contributed by atoms with Crippen molar-refractivity contribution in [1.29, 1.82) is 0 Å². The summed E-state index contributed by atoms with van der Waals surface area (Å²) in [6.07, 6.45) is 1.09. The van der Waals surface area contributed by atoms with E-state index in [0.29, 0.717) is 6.04 Å². The van der Waals surface area contributed by atoms with Crippen LogP contribution in [0.2, 0.25) is 0 Å². The lowest BCUT2D eigenvalue weighted by Crippen LogP contribution is -2.21. The molecule has 0 amide bonds. The molecule has 0 aliphatic heterocycles. The van der Waals surface area contributed by atoms with Gasteiger partial charge in [-0.25, -0.2) is 0 Å². The molecule has 2 aromatic rings. The molecule has 0 saturated carbocycles. The predicted octanol–water partition coefficient (Wildman–Crippen LogP) is 4.63. The monoisotopic (exact) mass is 273 g/mol. The molecule has 1 aromatic carbocycles. The first-order chi connectivity index (χ1) is 9.15. The molecule has 102 valence electrons. The van der Waals surface area contributed by atoms with Gasteiger partial charge in [0.25, 0.3) is 0 Å². The highest BCUT2D eigenvalue weighted by Crippen LogP contribution is 2.31. The molecular weight excluding hydrogens is 250 g/mol. The van der Waals surface area contributed by atoms with Crippen LogP contribution in [0.4, 0.5) is 0 Å². The topological polar surface area (TPSA) is 12.0 Å². The van der Waals surface area contributed by atoms with Gasteiger partial charge in [-0.05, 0) is 49.6 Å². The largest absolute Gasteiger partial charge is 0.306 e. The third-order valence-electron chi connectivity index (χ3n) is 3.57. The third kappa shape index (κ3) is 3.26. The smallest absolute Gasteiger partial charge is 0.0671 e. The first-order valence-electron chi connectivity index (χ1n) is 7.04. The van der Waals surface area contributed by atoms with Crippen LogP contribution in [0.25, 0.3) is 0 Å². The Kier molecular flexibility index (Phi) is 4.78. The fourth-order valence-electron chi connectivity index (χ4n) is 2.32. The van der Waals surface area contributed by atoms with E-state index in [0.717, 1.165) is 13.0 Å². The Bertz CT molecular complexity index is 522. The fourth-order valence-corrected chi connectivity index (χ4v) is 3.47. The van der Waals surface area contributed by atoms with E-state index in [1.165, 1.54) is 26.4 Å². The normalized spacial score (nSPS) is 12.6. The van der Waals surface area contributed by atoms with Crippen molar-refractivity contribution in [3.05, 3.63) is 56.8 Å². The Morgan fingerprint density at radius 3 is 2.53 bits per heavy atom. The van der Waals surface area contributed by atoms with Gasteiger partial charge in [-0.2, -0.15) is 0 Å². The van der Waals surface area contributed by atoms with Crippen LogP contribution < -0.4 is 5.32 Å². The van der Waals surface area contributed by atoms with E-state index in [2.05, 4.69) is 63.3 Å². The maximum absolute atomic E-state index is 3.62. The van der Waals surface area contributed by atoms with Crippen molar-refractivity contribution in [2.75, 3.05) is 6.54 Å².